The number of halogens is 2. The average molecular weight is 506 g/mol. The van der Waals surface area contributed by atoms with Gasteiger partial charge in [0.05, 0.1) is 5.02 Å². The number of sulfonamides is 1. The molecule has 3 aromatic carbocycles. The number of hydrazine groups is 1. The molecule has 172 valence electrons. The van der Waals surface area contributed by atoms with E-state index in [1.807, 2.05) is 37.3 Å². The van der Waals surface area contributed by atoms with Gasteiger partial charge in [0.25, 0.3) is 15.9 Å². The quantitative estimate of drug-likeness (QED) is 0.403. The summed E-state index contributed by atoms with van der Waals surface area (Å²) in [5.41, 5.74) is 5.94. The molecular weight excluding hydrogens is 485 g/mol. The highest BCUT2D eigenvalue weighted by molar-refractivity contribution is 7.92. The lowest BCUT2D eigenvalue weighted by Crippen LogP contribution is -2.42. The second-order valence-electron chi connectivity index (χ2n) is 7.28. The zero-order valence-corrected chi connectivity index (χ0v) is 19.8. The molecular formula is C23H21Cl2N3O4S. The van der Waals surface area contributed by atoms with Gasteiger partial charge < -0.3 is 0 Å². The molecule has 7 nitrogen and oxygen atoms in total. The van der Waals surface area contributed by atoms with Crippen LogP contribution in [0.25, 0.3) is 0 Å². The zero-order valence-electron chi connectivity index (χ0n) is 17.5. The van der Waals surface area contributed by atoms with Gasteiger partial charge in [-0.1, -0.05) is 60.5 Å². The number of carbonyl (C=O) groups excluding carboxylic acids is 2. The molecule has 0 aliphatic rings. The molecule has 0 aliphatic heterocycles. The molecule has 3 rings (SSSR count). The first kappa shape index (κ1) is 24.6. The second-order valence-corrected chi connectivity index (χ2v) is 9.77. The number of carbonyl (C=O) groups is 2. The number of anilines is 1. The van der Waals surface area contributed by atoms with Crippen molar-refractivity contribution in [2.75, 3.05) is 4.72 Å². The van der Waals surface area contributed by atoms with Crippen LogP contribution in [0, 0.1) is 0 Å². The molecule has 3 aromatic rings. The fourth-order valence-electron chi connectivity index (χ4n) is 3.01. The summed E-state index contributed by atoms with van der Waals surface area (Å²) >= 11 is 11.9. The lowest BCUT2D eigenvalue weighted by Gasteiger charge is -2.13. The highest BCUT2D eigenvalue weighted by Crippen LogP contribution is 2.26. The molecule has 1 atom stereocenters. The summed E-state index contributed by atoms with van der Waals surface area (Å²) in [6.45, 7) is 1.90. The van der Waals surface area contributed by atoms with E-state index in [1.165, 1.54) is 36.4 Å². The van der Waals surface area contributed by atoms with Gasteiger partial charge in [-0.05, 0) is 53.9 Å². The van der Waals surface area contributed by atoms with Gasteiger partial charge in [0.15, 0.2) is 0 Å². The van der Waals surface area contributed by atoms with E-state index in [9.17, 15) is 18.0 Å². The van der Waals surface area contributed by atoms with Gasteiger partial charge in [0.2, 0.25) is 5.91 Å². The molecule has 0 saturated carbocycles. The molecule has 0 radical (unpaired) electrons. The van der Waals surface area contributed by atoms with Crippen molar-refractivity contribution < 1.29 is 18.0 Å². The molecule has 0 saturated heterocycles. The lowest BCUT2D eigenvalue weighted by molar-refractivity contribution is -0.122. The predicted molar refractivity (Wildman–Crippen MR) is 129 cm³/mol. The first-order valence-electron chi connectivity index (χ1n) is 9.88. The predicted octanol–water partition coefficient (Wildman–Crippen LogP) is 4.75. The Hall–Kier alpha value is -3.07. The monoisotopic (exact) mass is 505 g/mol. The summed E-state index contributed by atoms with van der Waals surface area (Å²) in [5, 5.41) is 0.392. The maximum absolute atomic E-state index is 12.8. The van der Waals surface area contributed by atoms with Crippen LogP contribution in [-0.4, -0.2) is 20.2 Å². The Bertz CT molecular complexity index is 1250. The van der Waals surface area contributed by atoms with Crippen molar-refractivity contribution >= 4 is 50.7 Å². The minimum Gasteiger partial charge on any atom is -0.280 e. The average Bonchev–Trinajstić information content (AvgIpc) is 2.79. The zero-order chi connectivity index (χ0) is 24.0. The van der Waals surface area contributed by atoms with E-state index in [0.717, 1.165) is 11.6 Å². The van der Waals surface area contributed by atoms with Crippen molar-refractivity contribution in [1.82, 2.24) is 10.9 Å². The first-order valence-corrected chi connectivity index (χ1v) is 12.1. The normalized spacial score (nSPS) is 12.0. The van der Waals surface area contributed by atoms with Crippen LogP contribution in [0.4, 0.5) is 5.69 Å². The highest BCUT2D eigenvalue weighted by atomic mass is 35.5. The SMILES string of the molecule is C[C@H](CC(=O)NNC(=O)c1ccc(Cl)c(S(=O)(=O)Nc2ccc(Cl)cc2)c1)c1ccccc1. The molecule has 0 fully saturated rings. The minimum atomic E-state index is -4.08. The second kappa shape index (κ2) is 10.7. The van der Waals surface area contributed by atoms with Gasteiger partial charge in [-0.25, -0.2) is 8.42 Å². The molecule has 0 spiro atoms. The smallest absolute Gasteiger partial charge is 0.269 e. The van der Waals surface area contributed by atoms with Crippen molar-refractivity contribution in [3.05, 3.63) is 94.0 Å². The van der Waals surface area contributed by atoms with E-state index in [-0.39, 0.29) is 39.4 Å². The van der Waals surface area contributed by atoms with Crippen LogP contribution >= 0.6 is 23.2 Å². The largest absolute Gasteiger partial charge is 0.280 e. The third-order valence-electron chi connectivity index (χ3n) is 4.75. The summed E-state index contributed by atoms with van der Waals surface area (Å²) in [5.74, 6) is -1.12. The van der Waals surface area contributed by atoms with E-state index in [2.05, 4.69) is 15.6 Å². The number of nitrogens with one attached hydrogen (secondary N) is 3. The van der Waals surface area contributed by atoms with Crippen molar-refractivity contribution in [3.63, 3.8) is 0 Å². The molecule has 0 heterocycles. The molecule has 0 bridgehead atoms. The minimum absolute atomic E-state index is 0.00675. The van der Waals surface area contributed by atoms with Crippen molar-refractivity contribution in [1.29, 1.82) is 0 Å². The Morgan fingerprint density at radius 1 is 0.909 bits per heavy atom. The Kier molecular flexibility index (Phi) is 7.97. The number of hydrogen-bond acceptors (Lipinski definition) is 4. The van der Waals surface area contributed by atoms with Gasteiger partial charge >= 0.3 is 0 Å². The van der Waals surface area contributed by atoms with Crippen molar-refractivity contribution in [2.24, 2.45) is 0 Å². The topological polar surface area (TPSA) is 104 Å². The van der Waals surface area contributed by atoms with Gasteiger partial charge in [-0.15, -0.1) is 0 Å². The van der Waals surface area contributed by atoms with E-state index in [4.69, 9.17) is 23.2 Å². The maximum Gasteiger partial charge on any atom is 0.269 e. The summed E-state index contributed by atoms with van der Waals surface area (Å²) < 4.78 is 27.9. The first-order chi connectivity index (χ1) is 15.7. The van der Waals surface area contributed by atoms with Crippen LogP contribution in [0.2, 0.25) is 10.0 Å². The maximum atomic E-state index is 12.8. The van der Waals surface area contributed by atoms with Crippen molar-refractivity contribution in [2.45, 2.75) is 24.2 Å². The van der Waals surface area contributed by atoms with Crippen LogP contribution in [0.3, 0.4) is 0 Å². The molecule has 0 aromatic heterocycles. The number of rotatable bonds is 7. The molecule has 0 unspecified atom stereocenters. The Labute approximate surface area is 202 Å². The van der Waals surface area contributed by atoms with E-state index < -0.39 is 15.9 Å². The van der Waals surface area contributed by atoms with Gasteiger partial charge in [-0.3, -0.25) is 25.2 Å². The third kappa shape index (κ3) is 6.71. The van der Waals surface area contributed by atoms with E-state index >= 15 is 0 Å². The van der Waals surface area contributed by atoms with E-state index in [0.29, 0.717) is 5.02 Å². The van der Waals surface area contributed by atoms with Crippen LogP contribution in [0.5, 0.6) is 0 Å². The molecule has 33 heavy (non-hydrogen) atoms. The molecule has 3 N–H and O–H groups in total. The summed E-state index contributed by atoms with van der Waals surface area (Å²) in [6.07, 6.45) is 0.162. The van der Waals surface area contributed by atoms with E-state index in [1.54, 1.807) is 0 Å². The van der Waals surface area contributed by atoms with Gasteiger partial charge in [-0.2, -0.15) is 0 Å². The van der Waals surface area contributed by atoms with Crippen LogP contribution in [0.1, 0.15) is 35.2 Å². The number of amides is 2. The fourth-order valence-corrected chi connectivity index (χ4v) is 4.72. The summed E-state index contributed by atoms with van der Waals surface area (Å²) in [7, 11) is -4.08. The number of hydrogen-bond donors (Lipinski definition) is 3. The number of benzene rings is 3. The summed E-state index contributed by atoms with van der Waals surface area (Å²) in [4.78, 5) is 24.4. The molecule has 2 amide bonds. The van der Waals surface area contributed by atoms with Crippen LogP contribution in [-0.2, 0) is 14.8 Å². The molecule has 0 aliphatic carbocycles. The third-order valence-corrected chi connectivity index (χ3v) is 6.87. The van der Waals surface area contributed by atoms with Crippen LogP contribution < -0.4 is 15.6 Å². The Morgan fingerprint density at radius 3 is 2.24 bits per heavy atom. The van der Waals surface area contributed by atoms with Crippen molar-refractivity contribution in [3.8, 4) is 0 Å². The Balaban J connectivity index is 1.66. The highest BCUT2D eigenvalue weighted by Gasteiger charge is 2.21. The van der Waals surface area contributed by atoms with Crippen LogP contribution in [0.15, 0.2) is 77.7 Å². The van der Waals surface area contributed by atoms with Gasteiger partial charge in [0.1, 0.15) is 4.90 Å². The Morgan fingerprint density at radius 2 is 1.58 bits per heavy atom. The lowest BCUT2D eigenvalue weighted by atomic mass is 9.98. The fraction of sp³-hybridized carbons (Fsp3) is 0.130. The molecule has 10 heteroatoms. The summed E-state index contributed by atoms with van der Waals surface area (Å²) in [6, 6.07) is 19.4. The standard InChI is InChI=1S/C23H21Cl2N3O4S/c1-15(16-5-3-2-4-6-16)13-22(29)26-27-23(30)17-7-12-20(25)21(14-17)33(31,32)28-19-10-8-18(24)9-11-19/h2-12,14-15,28H,13H2,1H3,(H,26,29)(H,27,30)/t15-/m1/s1. The van der Waals surface area contributed by atoms with Gasteiger partial charge in [0, 0.05) is 22.7 Å².